The Bertz CT molecular complexity index is 942. The molecule has 0 bridgehead atoms. The zero-order valence-corrected chi connectivity index (χ0v) is 20.7. The standard InChI is InChI=1S/C22H33N4O6P/c1-8-13-29-20-19(32-33(30-14-11-23-7)26(15(3)4)16(5)6)17(9-2)31-21(20)25-12-10-18(27)24-22(25)28/h1,10,12,15-17,19-21H,9,11,13-14H2,2-6H3,(H,24,27,28)/t17-,19?,20+,21-,33?/m1/s1. The van der Waals surface area contributed by atoms with Crippen LogP contribution in [0.2, 0.25) is 0 Å². The van der Waals surface area contributed by atoms with Crippen LogP contribution in [0.4, 0.5) is 0 Å². The summed E-state index contributed by atoms with van der Waals surface area (Å²) >= 11 is 0. The summed E-state index contributed by atoms with van der Waals surface area (Å²) in [5.41, 5.74) is -1.12. The highest BCUT2D eigenvalue weighted by molar-refractivity contribution is 7.44. The molecule has 11 heteroatoms. The Morgan fingerprint density at radius 3 is 2.58 bits per heavy atom. The molecule has 1 saturated heterocycles. The van der Waals surface area contributed by atoms with Crippen LogP contribution in [-0.2, 0) is 18.5 Å². The van der Waals surface area contributed by atoms with Crippen molar-refractivity contribution in [1.82, 2.24) is 14.2 Å². The van der Waals surface area contributed by atoms with Gasteiger partial charge in [0, 0.05) is 24.3 Å². The van der Waals surface area contributed by atoms with Gasteiger partial charge in [-0.2, -0.15) is 0 Å². The topological polar surface area (TPSA) is 99.4 Å². The van der Waals surface area contributed by atoms with Gasteiger partial charge in [-0.25, -0.2) is 16.0 Å². The van der Waals surface area contributed by atoms with Crippen molar-refractivity contribution < 1.29 is 18.5 Å². The third-order valence-electron chi connectivity index (χ3n) is 5.04. The molecule has 0 amide bonds. The second-order valence-electron chi connectivity index (χ2n) is 8.06. The molecule has 5 atom stereocenters. The molecule has 1 aromatic rings. The average molecular weight is 481 g/mol. The van der Waals surface area contributed by atoms with Gasteiger partial charge in [-0.05, 0) is 34.1 Å². The summed E-state index contributed by atoms with van der Waals surface area (Å²) in [6.45, 7) is 17.6. The van der Waals surface area contributed by atoms with Crippen molar-refractivity contribution in [3.8, 4) is 12.3 Å². The van der Waals surface area contributed by atoms with E-state index in [0.29, 0.717) is 6.42 Å². The van der Waals surface area contributed by atoms with E-state index in [9.17, 15) is 9.59 Å². The maximum atomic E-state index is 12.5. The molecular weight excluding hydrogens is 447 g/mol. The van der Waals surface area contributed by atoms with Crippen LogP contribution in [-0.4, -0.2) is 64.4 Å². The maximum Gasteiger partial charge on any atom is 0.330 e. The minimum absolute atomic E-state index is 0.00644. The second kappa shape index (κ2) is 13.0. The first-order valence-corrected chi connectivity index (χ1v) is 12.1. The lowest BCUT2D eigenvalue weighted by Crippen LogP contribution is -2.41. The molecule has 2 rings (SSSR count). The minimum atomic E-state index is -1.57. The van der Waals surface area contributed by atoms with Crippen molar-refractivity contribution in [2.24, 2.45) is 0 Å². The van der Waals surface area contributed by atoms with Gasteiger partial charge in [0.05, 0.1) is 6.10 Å². The van der Waals surface area contributed by atoms with E-state index in [1.165, 1.54) is 16.8 Å². The summed E-state index contributed by atoms with van der Waals surface area (Å²) in [5, 5.41) is 0. The number of aromatic nitrogens is 2. The molecule has 0 radical (unpaired) electrons. The van der Waals surface area contributed by atoms with Gasteiger partial charge in [0.1, 0.15) is 25.4 Å². The molecule has 2 unspecified atom stereocenters. The smallest absolute Gasteiger partial charge is 0.330 e. The molecule has 1 aliphatic rings. The van der Waals surface area contributed by atoms with E-state index < -0.39 is 44.3 Å². The lowest BCUT2D eigenvalue weighted by Gasteiger charge is -2.38. The Balaban J connectivity index is 2.42. The predicted octanol–water partition coefficient (Wildman–Crippen LogP) is 2.53. The Morgan fingerprint density at radius 1 is 1.33 bits per heavy atom. The van der Waals surface area contributed by atoms with Gasteiger partial charge in [-0.3, -0.25) is 14.3 Å². The van der Waals surface area contributed by atoms with E-state index in [4.69, 9.17) is 31.5 Å². The number of nitrogens with zero attached hydrogens (tertiary/aromatic N) is 3. The predicted molar refractivity (Wildman–Crippen MR) is 125 cm³/mol. The van der Waals surface area contributed by atoms with Gasteiger partial charge in [0.2, 0.25) is 6.54 Å². The largest absolute Gasteiger partial charge is 0.358 e. The molecule has 2 heterocycles. The lowest BCUT2D eigenvalue weighted by atomic mass is 10.1. The molecule has 0 saturated carbocycles. The SMILES string of the molecule is [C-]#[N+]CCOP(OC1[C@@H](CC)O[C@@H](n2ccc(=O)[nH]c2=O)[C@H]1OCC#C)N(C(C)C)C(C)C. The molecular formula is C22H33N4O6P. The summed E-state index contributed by atoms with van der Waals surface area (Å²) < 4.78 is 28.1. The molecule has 1 aromatic heterocycles. The highest BCUT2D eigenvalue weighted by Gasteiger charge is 2.49. The van der Waals surface area contributed by atoms with E-state index in [2.05, 4.69) is 20.4 Å². The highest BCUT2D eigenvalue weighted by Crippen LogP contribution is 2.50. The molecule has 10 nitrogen and oxygen atoms in total. The fourth-order valence-electron chi connectivity index (χ4n) is 3.73. The zero-order valence-electron chi connectivity index (χ0n) is 19.8. The number of rotatable bonds is 12. The number of terminal acetylenes is 1. The minimum Gasteiger partial charge on any atom is -0.358 e. The number of ether oxygens (including phenoxy) is 2. The fourth-order valence-corrected chi connectivity index (χ4v) is 5.49. The Kier molecular flexibility index (Phi) is 10.7. The normalized spacial score (nSPS) is 23.7. The number of H-pyrrole nitrogens is 1. The average Bonchev–Trinajstić information content (AvgIpc) is 3.08. The Labute approximate surface area is 196 Å². The Morgan fingerprint density at radius 2 is 2.03 bits per heavy atom. The summed E-state index contributed by atoms with van der Waals surface area (Å²) in [6.07, 6.45) is 4.83. The van der Waals surface area contributed by atoms with Crippen LogP contribution in [0.15, 0.2) is 21.9 Å². The lowest BCUT2D eigenvalue weighted by molar-refractivity contribution is -0.0614. The van der Waals surface area contributed by atoms with Crippen molar-refractivity contribution >= 4 is 8.53 Å². The van der Waals surface area contributed by atoms with Crippen molar-refractivity contribution in [1.29, 1.82) is 0 Å². The number of hydrogen-bond acceptors (Lipinski definition) is 7. The molecule has 1 aliphatic heterocycles. The molecule has 0 spiro atoms. The van der Waals surface area contributed by atoms with Crippen molar-refractivity contribution in [3.63, 3.8) is 0 Å². The first-order valence-electron chi connectivity index (χ1n) is 11.0. The van der Waals surface area contributed by atoms with Crippen LogP contribution in [0.3, 0.4) is 0 Å². The Hall–Kier alpha value is -2.04. The zero-order chi connectivity index (χ0) is 24.5. The van der Waals surface area contributed by atoms with Crippen LogP contribution in [0, 0.1) is 18.9 Å². The van der Waals surface area contributed by atoms with Gasteiger partial charge < -0.3 is 23.4 Å². The van der Waals surface area contributed by atoms with Crippen LogP contribution >= 0.6 is 8.53 Å². The number of nitrogens with one attached hydrogen (secondary N) is 1. The van der Waals surface area contributed by atoms with Gasteiger partial charge in [0.15, 0.2) is 6.23 Å². The first-order chi connectivity index (χ1) is 15.7. The van der Waals surface area contributed by atoms with E-state index in [0.717, 1.165) is 0 Å². The van der Waals surface area contributed by atoms with Crippen LogP contribution in [0.25, 0.3) is 4.85 Å². The molecule has 0 aromatic carbocycles. The third kappa shape index (κ3) is 6.97. The second-order valence-corrected chi connectivity index (χ2v) is 9.47. The third-order valence-corrected chi connectivity index (χ3v) is 7.16. The summed E-state index contributed by atoms with van der Waals surface area (Å²) in [6, 6.07) is 1.49. The quantitative estimate of drug-likeness (QED) is 0.212. The van der Waals surface area contributed by atoms with E-state index in [1.807, 2.05) is 34.6 Å². The number of aromatic amines is 1. The number of hydrogen-bond donors (Lipinski definition) is 1. The summed E-state index contributed by atoms with van der Waals surface area (Å²) in [4.78, 5) is 29.6. The molecule has 1 N–H and O–H groups in total. The maximum absolute atomic E-state index is 12.5. The summed E-state index contributed by atoms with van der Waals surface area (Å²) in [7, 11) is -1.57. The van der Waals surface area contributed by atoms with Crippen molar-refractivity contribution in [2.75, 3.05) is 19.8 Å². The van der Waals surface area contributed by atoms with Crippen molar-refractivity contribution in [3.05, 3.63) is 44.5 Å². The van der Waals surface area contributed by atoms with Crippen LogP contribution in [0.1, 0.15) is 47.3 Å². The van der Waals surface area contributed by atoms with E-state index >= 15 is 0 Å². The van der Waals surface area contributed by atoms with Gasteiger partial charge in [-0.1, -0.05) is 12.8 Å². The summed E-state index contributed by atoms with van der Waals surface area (Å²) in [5.74, 6) is 2.45. The highest BCUT2D eigenvalue weighted by atomic mass is 31.2. The van der Waals surface area contributed by atoms with Gasteiger partial charge in [-0.15, -0.1) is 6.42 Å². The van der Waals surface area contributed by atoms with Crippen LogP contribution in [0.5, 0.6) is 0 Å². The first kappa shape index (κ1) is 27.2. The van der Waals surface area contributed by atoms with Crippen LogP contribution < -0.4 is 11.2 Å². The molecule has 1 fully saturated rings. The molecule has 182 valence electrons. The molecule has 0 aliphatic carbocycles. The van der Waals surface area contributed by atoms with Gasteiger partial charge >= 0.3 is 5.69 Å². The monoisotopic (exact) mass is 480 g/mol. The van der Waals surface area contributed by atoms with E-state index in [1.54, 1.807) is 0 Å². The van der Waals surface area contributed by atoms with Gasteiger partial charge in [0.25, 0.3) is 14.1 Å². The van der Waals surface area contributed by atoms with E-state index in [-0.39, 0.29) is 31.8 Å². The molecule has 33 heavy (non-hydrogen) atoms. The van der Waals surface area contributed by atoms with Crippen molar-refractivity contribution in [2.45, 2.75) is 77.7 Å². The fraction of sp³-hybridized carbons (Fsp3) is 0.682.